The van der Waals surface area contributed by atoms with E-state index < -0.39 is 23.9 Å². The average Bonchev–Trinajstić information content (AvgIpc) is 3.57. The number of benzene rings is 2. The molecule has 0 bridgehead atoms. The van der Waals surface area contributed by atoms with Crippen molar-refractivity contribution in [3.63, 3.8) is 0 Å². The molecule has 2 aromatic heterocycles. The van der Waals surface area contributed by atoms with Gasteiger partial charge in [-0.2, -0.15) is 5.21 Å². The summed E-state index contributed by atoms with van der Waals surface area (Å²) in [5.41, 5.74) is 2.69. The van der Waals surface area contributed by atoms with E-state index in [0.29, 0.717) is 24.6 Å². The predicted molar refractivity (Wildman–Crippen MR) is 144 cm³/mol. The summed E-state index contributed by atoms with van der Waals surface area (Å²) in [5.74, 6) is -0.379. The second-order valence-electron chi connectivity index (χ2n) is 9.74. The molecule has 2 heterocycles. The quantitative estimate of drug-likeness (QED) is 0.171. The molecule has 0 aliphatic carbocycles. The van der Waals surface area contributed by atoms with Crippen LogP contribution in [0.5, 0.6) is 0 Å². The van der Waals surface area contributed by atoms with E-state index in [-0.39, 0.29) is 17.1 Å². The monoisotopic (exact) mass is 532 g/mol. The Morgan fingerprint density at radius 2 is 1.64 bits per heavy atom. The molecule has 0 saturated heterocycles. The van der Waals surface area contributed by atoms with Crippen LogP contribution in [0, 0.1) is 0 Å². The van der Waals surface area contributed by atoms with Crippen LogP contribution in [0.4, 0.5) is 0 Å². The summed E-state index contributed by atoms with van der Waals surface area (Å²) in [6.07, 6.45) is 1.37. The van der Waals surface area contributed by atoms with E-state index in [1.807, 2.05) is 55.5 Å². The molecule has 0 amide bonds. The standard InChI is InChI=1S/C28H32N6O5/c1-5-6-23-29-25(28(3,4)38)24(27(37)39-16-22(36)17(2)35)34(23)15-18-7-9-19(10-8-18)20-11-13-21(14-12-20)26-30-32-33-31-26/h7-14,35-36,38H,5-6,15-16H2,1-4H3,(H,30,31,32,33). The number of H-pyrrole nitrogens is 1. The van der Waals surface area contributed by atoms with Crippen molar-refractivity contribution in [1.29, 1.82) is 0 Å². The highest BCUT2D eigenvalue weighted by Crippen LogP contribution is 2.28. The van der Waals surface area contributed by atoms with Crippen LogP contribution in [0.2, 0.25) is 0 Å². The Labute approximate surface area is 225 Å². The van der Waals surface area contributed by atoms with E-state index in [2.05, 4.69) is 25.6 Å². The van der Waals surface area contributed by atoms with Gasteiger partial charge in [-0.1, -0.05) is 55.5 Å². The number of hydrogen-bond acceptors (Lipinski definition) is 9. The minimum absolute atomic E-state index is 0.107. The molecule has 4 aromatic rings. The first-order valence-electron chi connectivity index (χ1n) is 12.6. The predicted octanol–water partition coefficient (Wildman–Crippen LogP) is 4.46. The summed E-state index contributed by atoms with van der Waals surface area (Å²) in [6, 6.07) is 15.8. The van der Waals surface area contributed by atoms with Gasteiger partial charge in [-0.25, -0.2) is 9.78 Å². The second-order valence-corrected chi connectivity index (χ2v) is 9.74. The number of aryl methyl sites for hydroxylation is 1. The zero-order chi connectivity index (χ0) is 28.2. The summed E-state index contributed by atoms with van der Waals surface area (Å²) in [5, 5.41) is 44.1. The first kappa shape index (κ1) is 27.5. The van der Waals surface area contributed by atoms with Gasteiger partial charge in [0.15, 0.2) is 18.1 Å². The minimum atomic E-state index is -1.41. The molecule has 0 unspecified atom stereocenters. The van der Waals surface area contributed by atoms with Crippen LogP contribution in [0.15, 0.2) is 60.0 Å². The topological polar surface area (TPSA) is 159 Å². The van der Waals surface area contributed by atoms with Crippen LogP contribution < -0.4 is 0 Å². The molecule has 0 fully saturated rings. The zero-order valence-corrected chi connectivity index (χ0v) is 22.3. The third-order valence-corrected chi connectivity index (χ3v) is 6.17. The lowest BCUT2D eigenvalue weighted by Crippen LogP contribution is -2.24. The molecule has 11 heteroatoms. The molecule has 0 radical (unpaired) electrons. The summed E-state index contributed by atoms with van der Waals surface area (Å²) in [4.78, 5) is 17.8. The Kier molecular flexibility index (Phi) is 8.10. The highest BCUT2D eigenvalue weighted by molar-refractivity contribution is 5.89. The number of allylic oxidation sites excluding steroid dienone is 1. The van der Waals surface area contributed by atoms with Crippen molar-refractivity contribution in [2.75, 3.05) is 6.61 Å². The normalized spacial score (nSPS) is 12.3. The van der Waals surface area contributed by atoms with E-state index in [9.17, 15) is 20.1 Å². The summed E-state index contributed by atoms with van der Waals surface area (Å²) >= 11 is 0. The number of imidazole rings is 1. The Morgan fingerprint density at radius 1 is 1.03 bits per heavy atom. The number of aliphatic hydroxyl groups excluding tert-OH is 2. The van der Waals surface area contributed by atoms with Crippen molar-refractivity contribution in [3.05, 3.63) is 82.8 Å². The summed E-state index contributed by atoms with van der Waals surface area (Å²) in [6.45, 7) is 6.23. The Hall–Kier alpha value is -4.51. The zero-order valence-electron chi connectivity index (χ0n) is 22.3. The molecule has 4 N–H and O–H groups in total. The van der Waals surface area contributed by atoms with E-state index in [0.717, 1.165) is 28.7 Å². The minimum Gasteiger partial charge on any atom is -0.509 e. The van der Waals surface area contributed by atoms with Crippen LogP contribution in [-0.2, 0) is 23.3 Å². The van der Waals surface area contributed by atoms with Gasteiger partial charge < -0.3 is 24.6 Å². The van der Waals surface area contributed by atoms with Gasteiger partial charge in [0, 0.05) is 18.5 Å². The van der Waals surface area contributed by atoms with Crippen molar-refractivity contribution in [1.82, 2.24) is 30.2 Å². The molecule has 39 heavy (non-hydrogen) atoms. The molecule has 4 rings (SSSR count). The van der Waals surface area contributed by atoms with Crippen LogP contribution in [0.25, 0.3) is 22.5 Å². The molecule has 0 aliphatic rings. The number of nitrogens with zero attached hydrogens (tertiary/aromatic N) is 5. The lowest BCUT2D eigenvalue weighted by molar-refractivity contribution is 0.0440. The fourth-order valence-corrected chi connectivity index (χ4v) is 4.11. The number of aromatic nitrogens is 6. The van der Waals surface area contributed by atoms with Crippen molar-refractivity contribution in [2.45, 2.75) is 52.7 Å². The maximum Gasteiger partial charge on any atom is 0.357 e. The number of aliphatic hydroxyl groups is 3. The van der Waals surface area contributed by atoms with Gasteiger partial charge in [0.25, 0.3) is 0 Å². The number of carbonyl (C=O) groups is 1. The summed E-state index contributed by atoms with van der Waals surface area (Å²) < 4.78 is 7.03. The Balaban J connectivity index is 1.63. The molecule has 0 aliphatic heterocycles. The maximum atomic E-state index is 13.2. The SMILES string of the molecule is CCCc1nc(C(C)(C)O)c(C(=O)OCC(O)=C(C)O)n1Cc1ccc(-c2ccc(-c3nn[nH]n3)cc2)cc1. The molecular weight excluding hydrogens is 500 g/mol. The lowest BCUT2D eigenvalue weighted by atomic mass is 10.0. The number of carbonyl (C=O) groups excluding carboxylic acids is 1. The number of hydrogen-bond donors (Lipinski definition) is 4. The fourth-order valence-electron chi connectivity index (χ4n) is 4.11. The van der Waals surface area contributed by atoms with E-state index in [1.165, 1.54) is 6.92 Å². The van der Waals surface area contributed by atoms with Crippen molar-refractivity contribution in [3.8, 4) is 22.5 Å². The largest absolute Gasteiger partial charge is 0.509 e. The first-order chi connectivity index (χ1) is 18.6. The molecular formula is C28H32N6O5. The second kappa shape index (κ2) is 11.5. The highest BCUT2D eigenvalue weighted by Gasteiger charge is 2.32. The van der Waals surface area contributed by atoms with Gasteiger partial charge in [-0.15, -0.1) is 10.2 Å². The Bertz CT molecular complexity index is 1450. The third-order valence-electron chi connectivity index (χ3n) is 6.17. The average molecular weight is 533 g/mol. The van der Waals surface area contributed by atoms with Crippen molar-refractivity contribution < 1.29 is 24.9 Å². The lowest BCUT2D eigenvalue weighted by Gasteiger charge is -2.18. The first-order valence-corrected chi connectivity index (χ1v) is 12.6. The number of aromatic amines is 1. The Morgan fingerprint density at radius 3 is 2.18 bits per heavy atom. The van der Waals surface area contributed by atoms with Crippen LogP contribution in [-0.4, -0.2) is 58.1 Å². The van der Waals surface area contributed by atoms with E-state index in [1.54, 1.807) is 18.4 Å². The van der Waals surface area contributed by atoms with Gasteiger partial charge in [0.1, 0.15) is 22.9 Å². The van der Waals surface area contributed by atoms with Crippen LogP contribution in [0.1, 0.15) is 61.7 Å². The highest BCUT2D eigenvalue weighted by atomic mass is 16.5. The number of esters is 1. The van der Waals surface area contributed by atoms with Crippen LogP contribution in [0.3, 0.4) is 0 Å². The smallest absolute Gasteiger partial charge is 0.357 e. The molecule has 0 spiro atoms. The van der Waals surface area contributed by atoms with Gasteiger partial charge in [-0.05, 0) is 49.1 Å². The fraction of sp³-hybridized carbons (Fsp3) is 0.321. The number of tetrazole rings is 1. The molecule has 11 nitrogen and oxygen atoms in total. The number of rotatable bonds is 10. The molecule has 0 saturated carbocycles. The van der Waals surface area contributed by atoms with Crippen molar-refractivity contribution >= 4 is 5.97 Å². The maximum absolute atomic E-state index is 13.2. The van der Waals surface area contributed by atoms with Crippen molar-refractivity contribution in [2.24, 2.45) is 0 Å². The van der Waals surface area contributed by atoms with Gasteiger partial charge in [-0.3, -0.25) is 0 Å². The van der Waals surface area contributed by atoms with Gasteiger partial charge in [0.05, 0.1) is 0 Å². The van der Waals surface area contributed by atoms with E-state index >= 15 is 0 Å². The molecule has 0 atom stereocenters. The third kappa shape index (κ3) is 6.32. The summed E-state index contributed by atoms with van der Waals surface area (Å²) in [7, 11) is 0. The van der Waals surface area contributed by atoms with Gasteiger partial charge >= 0.3 is 5.97 Å². The number of nitrogens with one attached hydrogen (secondary N) is 1. The number of ether oxygens (including phenoxy) is 1. The molecule has 2 aromatic carbocycles. The molecule has 204 valence electrons. The van der Waals surface area contributed by atoms with Gasteiger partial charge in [0.2, 0.25) is 5.82 Å². The van der Waals surface area contributed by atoms with E-state index in [4.69, 9.17) is 4.74 Å². The van der Waals surface area contributed by atoms with Crippen LogP contribution >= 0.6 is 0 Å².